The Morgan fingerprint density at radius 3 is 2.82 bits per heavy atom. The Bertz CT molecular complexity index is 199. The summed E-state index contributed by atoms with van der Waals surface area (Å²) < 4.78 is 0. The summed E-state index contributed by atoms with van der Waals surface area (Å²) in [4.78, 5) is 3.92. The van der Waals surface area contributed by atoms with E-state index in [4.69, 9.17) is 5.73 Å². The van der Waals surface area contributed by atoms with Gasteiger partial charge in [-0.15, -0.1) is 22.1 Å². The molecule has 0 radical (unpaired) electrons. The quantitative estimate of drug-likeness (QED) is 0.657. The molecular formula is C5H12BrN5. The minimum Gasteiger partial charge on any atom is -0.367 e. The zero-order valence-electron chi connectivity index (χ0n) is 6.29. The normalized spacial score (nSPS) is 9.18. The van der Waals surface area contributed by atoms with Crippen molar-refractivity contribution in [2.24, 2.45) is 0 Å². The van der Waals surface area contributed by atoms with Crippen LogP contribution in [0.4, 0.5) is 5.95 Å². The topological polar surface area (TPSA) is 79.6 Å². The van der Waals surface area contributed by atoms with Crippen LogP contribution in [0, 0.1) is 0 Å². The van der Waals surface area contributed by atoms with E-state index in [9.17, 15) is 0 Å². The average Bonchev–Trinajstić information content (AvgIpc) is 2.31. The van der Waals surface area contributed by atoms with Crippen LogP contribution in [0.2, 0.25) is 0 Å². The SMILES string of the molecule is Br.CNCCc1nc(N)n[nH]1. The molecule has 0 saturated heterocycles. The maximum absolute atomic E-state index is 5.28. The number of aromatic amines is 1. The van der Waals surface area contributed by atoms with Crippen molar-refractivity contribution < 1.29 is 0 Å². The van der Waals surface area contributed by atoms with Crippen LogP contribution in [0.1, 0.15) is 5.82 Å². The minimum atomic E-state index is 0. The van der Waals surface area contributed by atoms with Crippen molar-refractivity contribution in [1.82, 2.24) is 20.5 Å². The summed E-state index contributed by atoms with van der Waals surface area (Å²) in [7, 11) is 1.89. The third-order valence-corrected chi connectivity index (χ3v) is 1.16. The molecule has 0 amide bonds. The lowest BCUT2D eigenvalue weighted by Crippen LogP contribution is -2.11. The molecule has 0 aliphatic carbocycles. The molecule has 6 heteroatoms. The molecule has 4 N–H and O–H groups in total. The van der Waals surface area contributed by atoms with Crippen molar-refractivity contribution in [3.05, 3.63) is 5.82 Å². The van der Waals surface area contributed by atoms with Crippen LogP contribution in [0.3, 0.4) is 0 Å². The molecule has 0 unspecified atom stereocenters. The van der Waals surface area contributed by atoms with Gasteiger partial charge in [0, 0.05) is 13.0 Å². The summed E-state index contributed by atoms with van der Waals surface area (Å²) in [6.45, 7) is 0.884. The van der Waals surface area contributed by atoms with E-state index in [1.165, 1.54) is 0 Å². The number of likely N-dealkylation sites (N-methyl/N-ethyl adjacent to an activating group) is 1. The fraction of sp³-hybridized carbons (Fsp3) is 0.600. The average molecular weight is 222 g/mol. The lowest BCUT2D eigenvalue weighted by atomic mass is 10.4. The Morgan fingerprint density at radius 2 is 2.36 bits per heavy atom. The zero-order chi connectivity index (χ0) is 7.40. The number of nitrogens with zero attached hydrogens (tertiary/aromatic N) is 2. The van der Waals surface area contributed by atoms with Crippen LogP contribution in [-0.2, 0) is 6.42 Å². The summed E-state index contributed by atoms with van der Waals surface area (Å²) >= 11 is 0. The molecule has 0 aliphatic heterocycles. The Balaban J connectivity index is 0.000001000. The molecule has 0 aromatic carbocycles. The predicted molar refractivity (Wildman–Crippen MR) is 48.7 cm³/mol. The van der Waals surface area contributed by atoms with Gasteiger partial charge in [-0.3, -0.25) is 5.10 Å². The number of aromatic nitrogens is 3. The number of halogens is 1. The largest absolute Gasteiger partial charge is 0.367 e. The van der Waals surface area contributed by atoms with Gasteiger partial charge >= 0.3 is 0 Å². The Morgan fingerprint density at radius 1 is 1.64 bits per heavy atom. The van der Waals surface area contributed by atoms with Crippen molar-refractivity contribution in [2.75, 3.05) is 19.3 Å². The standard InChI is InChI=1S/C5H11N5.BrH/c1-7-3-2-4-8-5(6)10-9-4;/h7H,2-3H2,1H3,(H3,6,8,9,10);1H. The van der Waals surface area contributed by atoms with Gasteiger partial charge in [0.1, 0.15) is 5.82 Å². The number of hydrogen-bond donors (Lipinski definition) is 3. The molecule has 64 valence electrons. The monoisotopic (exact) mass is 221 g/mol. The van der Waals surface area contributed by atoms with Crippen molar-refractivity contribution in [3.8, 4) is 0 Å². The first-order valence-corrected chi connectivity index (χ1v) is 3.14. The van der Waals surface area contributed by atoms with Gasteiger partial charge in [-0.05, 0) is 7.05 Å². The van der Waals surface area contributed by atoms with Crippen molar-refractivity contribution in [3.63, 3.8) is 0 Å². The molecule has 1 heterocycles. The first kappa shape index (κ1) is 10.4. The van der Waals surface area contributed by atoms with Gasteiger partial charge in [-0.1, -0.05) is 0 Å². The fourth-order valence-corrected chi connectivity index (χ4v) is 0.665. The van der Waals surface area contributed by atoms with Gasteiger partial charge in [0.25, 0.3) is 0 Å². The molecular weight excluding hydrogens is 210 g/mol. The predicted octanol–water partition coefficient (Wildman–Crippen LogP) is -0.273. The van der Waals surface area contributed by atoms with Gasteiger partial charge in [-0.25, -0.2) is 0 Å². The molecule has 5 nitrogen and oxygen atoms in total. The second-order valence-corrected chi connectivity index (χ2v) is 1.99. The van der Waals surface area contributed by atoms with E-state index in [0.717, 1.165) is 18.8 Å². The third kappa shape index (κ3) is 3.33. The minimum absolute atomic E-state index is 0. The highest BCUT2D eigenvalue weighted by atomic mass is 79.9. The van der Waals surface area contributed by atoms with Crippen LogP contribution in [-0.4, -0.2) is 28.8 Å². The van der Waals surface area contributed by atoms with E-state index in [-0.39, 0.29) is 17.0 Å². The Labute approximate surface area is 75.5 Å². The van der Waals surface area contributed by atoms with Gasteiger partial charge in [-0.2, -0.15) is 4.98 Å². The molecule has 0 bridgehead atoms. The van der Waals surface area contributed by atoms with Crippen molar-refractivity contribution in [1.29, 1.82) is 0 Å². The summed E-state index contributed by atoms with van der Waals surface area (Å²) in [6.07, 6.45) is 0.834. The molecule has 11 heavy (non-hydrogen) atoms. The van der Waals surface area contributed by atoms with Crippen LogP contribution in [0.5, 0.6) is 0 Å². The number of nitrogen functional groups attached to an aromatic ring is 1. The molecule has 0 aliphatic rings. The van der Waals surface area contributed by atoms with E-state index in [2.05, 4.69) is 20.5 Å². The van der Waals surface area contributed by atoms with Crippen LogP contribution in [0.15, 0.2) is 0 Å². The molecule has 0 spiro atoms. The molecule has 1 aromatic heterocycles. The van der Waals surface area contributed by atoms with Gasteiger partial charge in [0.15, 0.2) is 0 Å². The maximum Gasteiger partial charge on any atom is 0.239 e. The third-order valence-electron chi connectivity index (χ3n) is 1.16. The van der Waals surface area contributed by atoms with Crippen molar-refractivity contribution in [2.45, 2.75) is 6.42 Å². The Kier molecular flexibility index (Phi) is 4.80. The number of anilines is 1. The second-order valence-electron chi connectivity index (χ2n) is 1.99. The lowest BCUT2D eigenvalue weighted by Gasteiger charge is -1.91. The molecule has 1 rings (SSSR count). The smallest absolute Gasteiger partial charge is 0.239 e. The Hall–Kier alpha value is -0.620. The van der Waals surface area contributed by atoms with E-state index < -0.39 is 0 Å². The lowest BCUT2D eigenvalue weighted by molar-refractivity contribution is 0.758. The van der Waals surface area contributed by atoms with Gasteiger partial charge < -0.3 is 11.1 Å². The van der Waals surface area contributed by atoms with E-state index >= 15 is 0 Å². The first-order chi connectivity index (χ1) is 4.83. The molecule has 0 atom stereocenters. The highest BCUT2D eigenvalue weighted by Crippen LogP contribution is 1.91. The number of H-pyrrole nitrogens is 1. The summed E-state index contributed by atoms with van der Waals surface area (Å²) in [6, 6.07) is 0. The van der Waals surface area contributed by atoms with Crippen LogP contribution >= 0.6 is 17.0 Å². The first-order valence-electron chi connectivity index (χ1n) is 3.14. The number of nitrogens with two attached hydrogens (primary N) is 1. The summed E-state index contributed by atoms with van der Waals surface area (Å²) in [5.41, 5.74) is 5.28. The molecule has 1 aromatic rings. The zero-order valence-corrected chi connectivity index (χ0v) is 8.01. The number of rotatable bonds is 3. The highest BCUT2D eigenvalue weighted by Gasteiger charge is 1.96. The van der Waals surface area contributed by atoms with Gasteiger partial charge in [0.2, 0.25) is 5.95 Å². The van der Waals surface area contributed by atoms with E-state index in [1.807, 2.05) is 7.05 Å². The van der Waals surface area contributed by atoms with Crippen LogP contribution < -0.4 is 11.1 Å². The molecule has 0 fully saturated rings. The summed E-state index contributed by atoms with van der Waals surface area (Å²) in [5.74, 6) is 1.14. The van der Waals surface area contributed by atoms with E-state index in [0.29, 0.717) is 5.95 Å². The maximum atomic E-state index is 5.28. The van der Waals surface area contributed by atoms with E-state index in [1.54, 1.807) is 0 Å². The number of nitrogens with one attached hydrogen (secondary N) is 2. The highest BCUT2D eigenvalue weighted by molar-refractivity contribution is 8.93. The fourth-order valence-electron chi connectivity index (χ4n) is 0.665. The number of hydrogen-bond acceptors (Lipinski definition) is 4. The van der Waals surface area contributed by atoms with Gasteiger partial charge in [0.05, 0.1) is 0 Å². The van der Waals surface area contributed by atoms with Crippen LogP contribution in [0.25, 0.3) is 0 Å². The second kappa shape index (κ2) is 5.09. The molecule has 0 saturated carbocycles. The summed E-state index contributed by atoms with van der Waals surface area (Å²) in [5, 5.41) is 9.39. The van der Waals surface area contributed by atoms with Crippen molar-refractivity contribution >= 4 is 22.9 Å².